The number of nitrogens with zero attached hydrogens (tertiary/aromatic N) is 4. The van der Waals surface area contributed by atoms with E-state index in [1.165, 1.54) is 51.4 Å². The van der Waals surface area contributed by atoms with Gasteiger partial charge in [-0.3, -0.25) is 0 Å². The summed E-state index contributed by atoms with van der Waals surface area (Å²) in [6.07, 6.45) is 21.0. The number of ether oxygens (including phenoxy) is 2. The van der Waals surface area contributed by atoms with Crippen molar-refractivity contribution in [3.05, 3.63) is 71.3 Å². The summed E-state index contributed by atoms with van der Waals surface area (Å²) in [7, 11) is -8.96. The lowest BCUT2D eigenvalue weighted by molar-refractivity contribution is -0.670. The summed E-state index contributed by atoms with van der Waals surface area (Å²) in [5, 5.41) is 0. The molecule has 0 atom stereocenters. The fraction of sp³-hybridized carbons (Fsp3) is 0.596. The Kier molecular flexibility index (Phi) is 21.1. The Bertz CT molecular complexity index is 2230. The first-order valence-electron chi connectivity index (χ1n) is 23.1. The van der Waals surface area contributed by atoms with E-state index in [0.29, 0.717) is 60.3 Å². The first kappa shape index (κ1) is 51.4. The Balaban J connectivity index is 1.63. The van der Waals surface area contributed by atoms with Gasteiger partial charge in [-0.15, -0.1) is 0 Å². The molecule has 0 saturated heterocycles. The van der Waals surface area contributed by atoms with Crippen LogP contribution in [0.1, 0.15) is 157 Å². The molecule has 0 spiro atoms. The molecule has 3 aromatic rings. The number of rotatable bonds is 30. The van der Waals surface area contributed by atoms with Crippen LogP contribution in [0.25, 0.3) is 17.1 Å². The van der Waals surface area contributed by atoms with Crippen molar-refractivity contribution >= 4 is 60.7 Å². The molecule has 350 valence electrons. The van der Waals surface area contributed by atoms with Gasteiger partial charge in [0, 0.05) is 36.7 Å². The van der Waals surface area contributed by atoms with Crippen molar-refractivity contribution < 1.29 is 49.6 Å². The number of aryl methyl sites for hydroxylation is 2. The van der Waals surface area contributed by atoms with E-state index in [-0.39, 0.29) is 25.9 Å². The van der Waals surface area contributed by atoms with Gasteiger partial charge in [-0.2, -0.15) is 0 Å². The minimum absolute atomic E-state index is 0.0489. The fourth-order valence-corrected chi connectivity index (χ4v) is 9.07. The highest BCUT2D eigenvalue weighted by molar-refractivity contribution is 7.85. The second-order valence-electron chi connectivity index (χ2n) is 16.2. The van der Waals surface area contributed by atoms with E-state index in [4.69, 9.17) is 9.47 Å². The van der Waals surface area contributed by atoms with Crippen LogP contribution >= 0.6 is 0 Å². The van der Waals surface area contributed by atoms with Crippen molar-refractivity contribution in [3.8, 4) is 0 Å². The summed E-state index contributed by atoms with van der Waals surface area (Å²) < 4.78 is 85.1. The predicted molar refractivity (Wildman–Crippen MR) is 247 cm³/mol. The third-order valence-corrected chi connectivity index (χ3v) is 12.9. The first-order valence-corrected chi connectivity index (χ1v) is 26.2. The molecule has 0 aliphatic carbocycles. The number of anilines is 2. The van der Waals surface area contributed by atoms with Crippen molar-refractivity contribution in [2.24, 2.45) is 0 Å². The van der Waals surface area contributed by atoms with E-state index >= 15 is 0 Å². The maximum absolute atomic E-state index is 13.2. The Morgan fingerprint density at radius 3 is 1.70 bits per heavy atom. The van der Waals surface area contributed by atoms with Crippen LogP contribution < -0.4 is 14.4 Å². The summed E-state index contributed by atoms with van der Waals surface area (Å²) in [6.45, 7) is 10.4. The molecule has 0 saturated carbocycles. The molecule has 2 heterocycles. The van der Waals surface area contributed by atoms with Crippen molar-refractivity contribution in [2.75, 3.05) is 47.6 Å². The molecule has 0 fully saturated rings. The molecule has 0 unspecified atom stereocenters. The average molecular weight is 914 g/mol. The second-order valence-corrected chi connectivity index (χ2v) is 19.2. The number of carbonyl (C=O) groups excluding carboxylic acids is 2. The fourth-order valence-electron chi connectivity index (χ4n) is 8.10. The van der Waals surface area contributed by atoms with Crippen LogP contribution in [0.15, 0.2) is 54.4 Å². The molecule has 14 nitrogen and oxygen atoms in total. The van der Waals surface area contributed by atoms with Crippen LogP contribution in [0, 0.1) is 0 Å². The third kappa shape index (κ3) is 16.1. The van der Waals surface area contributed by atoms with Gasteiger partial charge in [-0.05, 0) is 75.9 Å². The topological polar surface area (TPSA) is 182 Å². The number of allylic oxidation sites excluding steroid dienone is 2. The van der Waals surface area contributed by atoms with Gasteiger partial charge in [0.25, 0.3) is 5.82 Å². The second kappa shape index (κ2) is 25.9. The van der Waals surface area contributed by atoms with Gasteiger partial charge < -0.3 is 28.4 Å². The zero-order valence-electron chi connectivity index (χ0n) is 37.9. The van der Waals surface area contributed by atoms with Gasteiger partial charge in [-0.1, -0.05) is 97.0 Å². The van der Waals surface area contributed by atoms with Gasteiger partial charge in [-0.25, -0.2) is 35.6 Å². The van der Waals surface area contributed by atoms with E-state index < -0.39 is 43.7 Å². The van der Waals surface area contributed by atoms with E-state index in [1.54, 1.807) is 24.3 Å². The lowest BCUT2D eigenvalue weighted by atomic mass is 10.1. The lowest BCUT2D eigenvalue weighted by Gasteiger charge is -2.24. The van der Waals surface area contributed by atoms with Gasteiger partial charge in [0.05, 0.1) is 69.0 Å². The van der Waals surface area contributed by atoms with Crippen molar-refractivity contribution in [2.45, 2.75) is 144 Å². The van der Waals surface area contributed by atoms with Gasteiger partial charge in [0.2, 0.25) is 0 Å². The smallest absolute Gasteiger partial charge is 0.338 e. The molecular weight excluding hydrogens is 845 g/mol. The Morgan fingerprint density at radius 1 is 0.635 bits per heavy atom. The highest BCUT2D eigenvalue weighted by Crippen LogP contribution is 2.42. The Hall–Kier alpha value is -4.25. The van der Waals surface area contributed by atoms with E-state index in [2.05, 4.69) is 13.8 Å². The number of hydrogen-bond acceptors (Lipinski definition) is 12. The van der Waals surface area contributed by atoms with Crippen LogP contribution in [-0.2, 0) is 42.8 Å². The molecule has 63 heavy (non-hydrogen) atoms. The largest absolute Gasteiger partial charge is 0.748 e. The monoisotopic (exact) mass is 913 g/mol. The molecule has 0 N–H and O–H groups in total. The maximum Gasteiger partial charge on any atom is 0.338 e. The summed E-state index contributed by atoms with van der Waals surface area (Å²) in [5.74, 6) is -0.628. The average Bonchev–Trinajstić information content (AvgIpc) is 3.71. The zero-order chi connectivity index (χ0) is 45.8. The van der Waals surface area contributed by atoms with Crippen LogP contribution in [-0.4, -0.2) is 80.3 Å². The number of unbranched alkanes of at least 4 members (excludes halogenated alkanes) is 12. The van der Waals surface area contributed by atoms with Gasteiger partial charge >= 0.3 is 11.9 Å². The van der Waals surface area contributed by atoms with Crippen molar-refractivity contribution in [3.63, 3.8) is 0 Å². The summed E-state index contributed by atoms with van der Waals surface area (Å²) in [4.78, 5) is 30.4. The molecule has 1 aromatic heterocycles. The standard InChI is InChI=1S/C47H70N4O10S2/c1-5-9-11-13-15-17-19-32-60-46(52)38-26-28-40-42(36-38)50(30-22-34-62(54,55)56)44(48(40)7-3)24-21-25-45-49(8-4)41-29-27-39(37-43(41)51(45)31-23-35-63(57,58)59)47(53)61-33-20-18-16-14-12-10-6-2/h21,24-29,36-37H,5-20,22-23,30-35H2,1-4H3,(H-,54,55,56,57,58,59)/p-1. The van der Waals surface area contributed by atoms with Crippen LogP contribution in [0.3, 0.4) is 0 Å². The van der Waals surface area contributed by atoms with E-state index in [9.17, 15) is 35.5 Å². The molecule has 1 aliphatic rings. The van der Waals surface area contributed by atoms with Crippen molar-refractivity contribution in [1.29, 1.82) is 0 Å². The van der Waals surface area contributed by atoms with Crippen molar-refractivity contribution in [1.82, 2.24) is 4.57 Å². The first-order chi connectivity index (χ1) is 30.2. The number of benzene rings is 2. The summed E-state index contributed by atoms with van der Waals surface area (Å²) in [6, 6.07) is 10.6. The molecular formula is C47H69N4O10S2-. The Labute approximate surface area is 375 Å². The molecule has 4 rings (SSSR count). The molecule has 0 amide bonds. The number of hydrogen-bond donors (Lipinski definition) is 0. The zero-order valence-corrected chi connectivity index (χ0v) is 39.5. The number of esters is 2. The SMILES string of the molecule is CCCCCCCCCOC(=O)c1ccc2c(c1)N(CCCS(=O)(=O)[O-])C(=CC=Cc1n(CCCS(=O)(=O)[O-])c3cc(C(=O)OCCCCCCCCC)ccc3[n+]1CC)N2CC. The number of aromatic nitrogens is 2. The van der Waals surface area contributed by atoms with Crippen LogP contribution in [0.2, 0.25) is 0 Å². The number of imidazole rings is 1. The minimum atomic E-state index is -4.48. The highest BCUT2D eigenvalue weighted by atomic mass is 32.2. The minimum Gasteiger partial charge on any atom is -0.748 e. The van der Waals surface area contributed by atoms with Gasteiger partial charge in [0.15, 0.2) is 11.0 Å². The highest BCUT2D eigenvalue weighted by Gasteiger charge is 2.31. The third-order valence-electron chi connectivity index (χ3n) is 11.3. The molecule has 0 radical (unpaired) electrons. The molecule has 1 aliphatic heterocycles. The Morgan fingerprint density at radius 2 is 1.16 bits per heavy atom. The summed E-state index contributed by atoms with van der Waals surface area (Å²) in [5.41, 5.74) is 3.67. The molecule has 16 heteroatoms. The van der Waals surface area contributed by atoms with Crippen LogP contribution in [0.5, 0.6) is 0 Å². The molecule has 2 aromatic carbocycles. The number of fused-ring (bicyclic) bond motifs is 2. The van der Waals surface area contributed by atoms with E-state index in [0.717, 1.165) is 49.7 Å². The number of carbonyl (C=O) groups is 2. The van der Waals surface area contributed by atoms with Gasteiger partial charge in [0.1, 0.15) is 5.82 Å². The van der Waals surface area contributed by atoms with Crippen LogP contribution in [0.4, 0.5) is 11.4 Å². The predicted octanol–water partition coefficient (Wildman–Crippen LogP) is 8.84. The van der Waals surface area contributed by atoms with E-state index in [1.807, 2.05) is 63.1 Å². The molecule has 0 bridgehead atoms. The maximum atomic E-state index is 13.2. The summed E-state index contributed by atoms with van der Waals surface area (Å²) >= 11 is 0. The normalized spacial score (nSPS) is 13.8. The quantitative estimate of drug-likeness (QED) is 0.0269. The lowest BCUT2D eigenvalue weighted by Crippen LogP contribution is -2.35.